The van der Waals surface area contributed by atoms with Gasteiger partial charge in [-0.3, -0.25) is 4.79 Å². The van der Waals surface area contributed by atoms with E-state index in [0.29, 0.717) is 24.3 Å². The molecular formula is C23H20IN3O4. The number of hydrogen-bond donors (Lipinski definition) is 2. The lowest BCUT2D eigenvalue weighted by atomic mass is 10.1. The van der Waals surface area contributed by atoms with Crippen LogP contribution in [0.4, 0.5) is 0 Å². The molecule has 7 nitrogen and oxygen atoms in total. The summed E-state index contributed by atoms with van der Waals surface area (Å²) in [6, 6.07) is 15.1. The molecule has 0 saturated carbocycles. The molecular weight excluding hydrogens is 509 g/mol. The average Bonchev–Trinajstić information content (AvgIpc) is 3.19. The fourth-order valence-electron chi connectivity index (χ4n) is 2.98. The van der Waals surface area contributed by atoms with Crippen LogP contribution in [-0.2, 0) is 20.7 Å². The maximum absolute atomic E-state index is 12.4. The molecule has 2 aromatic carbocycles. The van der Waals surface area contributed by atoms with E-state index in [1.807, 2.05) is 36.5 Å². The third-order valence-corrected chi connectivity index (χ3v) is 5.40. The van der Waals surface area contributed by atoms with Gasteiger partial charge in [-0.1, -0.05) is 24.3 Å². The first-order chi connectivity index (χ1) is 15.0. The molecule has 8 heteroatoms. The number of amides is 1. The Labute approximate surface area is 193 Å². The predicted octanol–water partition coefficient (Wildman–Crippen LogP) is 3.59. The van der Waals surface area contributed by atoms with Crippen molar-refractivity contribution in [3.8, 4) is 11.8 Å². The van der Waals surface area contributed by atoms with E-state index in [-0.39, 0.29) is 12.2 Å². The lowest BCUT2D eigenvalue weighted by Crippen LogP contribution is -2.26. The SMILES string of the molecule is COC(=O)COc1ccc(/C=C(/C#N)C(=O)NCCc2c[nH]c3ccccc23)cc1I. The Kier molecular flexibility index (Phi) is 7.67. The second kappa shape index (κ2) is 10.6. The van der Waals surface area contributed by atoms with Crippen LogP contribution in [0.5, 0.6) is 5.75 Å². The molecule has 0 unspecified atom stereocenters. The molecule has 1 aromatic heterocycles. The summed E-state index contributed by atoms with van der Waals surface area (Å²) in [6.45, 7) is 0.224. The molecule has 1 amide bonds. The van der Waals surface area contributed by atoms with Gasteiger partial charge in [-0.25, -0.2) is 4.79 Å². The van der Waals surface area contributed by atoms with Crippen LogP contribution in [0.3, 0.4) is 0 Å². The Morgan fingerprint density at radius 1 is 1.26 bits per heavy atom. The first kappa shape index (κ1) is 22.4. The third-order valence-electron chi connectivity index (χ3n) is 4.56. The number of para-hydroxylation sites is 1. The van der Waals surface area contributed by atoms with Crippen LogP contribution in [-0.4, -0.2) is 37.1 Å². The van der Waals surface area contributed by atoms with Crippen LogP contribution in [0.25, 0.3) is 17.0 Å². The molecule has 0 bridgehead atoms. The Morgan fingerprint density at radius 2 is 2.06 bits per heavy atom. The van der Waals surface area contributed by atoms with Gasteiger partial charge in [0.1, 0.15) is 17.4 Å². The molecule has 0 atom stereocenters. The highest BCUT2D eigenvalue weighted by Crippen LogP contribution is 2.23. The zero-order valence-corrected chi connectivity index (χ0v) is 18.9. The summed E-state index contributed by atoms with van der Waals surface area (Å²) in [5.74, 6) is -0.385. The van der Waals surface area contributed by atoms with Crippen molar-refractivity contribution < 1.29 is 19.1 Å². The monoisotopic (exact) mass is 529 g/mol. The van der Waals surface area contributed by atoms with Gasteiger partial charge in [0.05, 0.1) is 10.7 Å². The Hall–Kier alpha value is -3.32. The summed E-state index contributed by atoms with van der Waals surface area (Å²) in [4.78, 5) is 26.9. The first-order valence-electron chi connectivity index (χ1n) is 9.46. The highest BCUT2D eigenvalue weighted by atomic mass is 127. The van der Waals surface area contributed by atoms with Gasteiger partial charge in [0, 0.05) is 23.6 Å². The third kappa shape index (κ3) is 5.86. The molecule has 3 rings (SSSR count). The van der Waals surface area contributed by atoms with Gasteiger partial charge in [0.15, 0.2) is 6.61 Å². The van der Waals surface area contributed by atoms with E-state index in [4.69, 9.17) is 4.74 Å². The van der Waals surface area contributed by atoms with E-state index in [2.05, 4.69) is 37.6 Å². The number of aromatic amines is 1. The molecule has 158 valence electrons. The van der Waals surface area contributed by atoms with Crippen LogP contribution in [0, 0.1) is 14.9 Å². The number of methoxy groups -OCH3 is 1. The number of carbonyl (C=O) groups excluding carboxylic acids is 2. The molecule has 0 aliphatic heterocycles. The second-order valence-electron chi connectivity index (χ2n) is 6.59. The predicted molar refractivity (Wildman–Crippen MR) is 125 cm³/mol. The van der Waals surface area contributed by atoms with E-state index in [1.54, 1.807) is 18.2 Å². The topological polar surface area (TPSA) is 104 Å². The lowest BCUT2D eigenvalue weighted by Gasteiger charge is -2.08. The van der Waals surface area contributed by atoms with Gasteiger partial charge in [0.2, 0.25) is 0 Å². The minimum absolute atomic E-state index is 0.0120. The summed E-state index contributed by atoms with van der Waals surface area (Å²) < 4.78 is 10.7. The minimum atomic E-state index is -0.476. The van der Waals surface area contributed by atoms with Crippen molar-refractivity contribution in [2.24, 2.45) is 0 Å². The van der Waals surface area contributed by atoms with E-state index < -0.39 is 11.9 Å². The Bertz CT molecular complexity index is 1180. The molecule has 3 aromatic rings. The standard InChI is InChI=1S/C23H20IN3O4/c1-30-22(28)14-31-21-7-6-15(11-19(21)24)10-17(12-25)23(29)26-9-8-16-13-27-20-5-3-2-4-18(16)20/h2-7,10-11,13,27H,8-9,14H2,1H3,(H,26,29)/b17-10-. The molecule has 31 heavy (non-hydrogen) atoms. The number of fused-ring (bicyclic) bond motifs is 1. The van der Waals surface area contributed by atoms with E-state index in [9.17, 15) is 14.9 Å². The maximum atomic E-state index is 12.4. The maximum Gasteiger partial charge on any atom is 0.343 e. The molecule has 0 radical (unpaired) electrons. The molecule has 0 aliphatic rings. The van der Waals surface area contributed by atoms with Crippen LogP contribution < -0.4 is 10.1 Å². The number of ether oxygens (including phenoxy) is 2. The number of hydrogen-bond acceptors (Lipinski definition) is 5. The zero-order chi connectivity index (χ0) is 22.2. The van der Waals surface area contributed by atoms with E-state index in [1.165, 1.54) is 13.2 Å². The number of halogens is 1. The fraction of sp³-hybridized carbons (Fsp3) is 0.174. The van der Waals surface area contributed by atoms with Crippen molar-refractivity contribution in [1.82, 2.24) is 10.3 Å². The number of carbonyl (C=O) groups is 2. The molecule has 0 fully saturated rings. The van der Waals surface area contributed by atoms with Crippen LogP contribution in [0.2, 0.25) is 0 Å². The van der Waals surface area contributed by atoms with Gasteiger partial charge in [-0.05, 0) is 64.4 Å². The summed E-state index contributed by atoms with van der Waals surface area (Å²) >= 11 is 2.06. The molecule has 0 aliphatic carbocycles. The summed E-state index contributed by atoms with van der Waals surface area (Å²) in [7, 11) is 1.29. The van der Waals surface area contributed by atoms with Crippen molar-refractivity contribution in [3.05, 3.63) is 68.9 Å². The minimum Gasteiger partial charge on any atom is -0.481 e. The van der Waals surface area contributed by atoms with Crippen molar-refractivity contribution in [3.63, 3.8) is 0 Å². The van der Waals surface area contributed by atoms with Gasteiger partial charge >= 0.3 is 5.97 Å². The highest BCUT2D eigenvalue weighted by molar-refractivity contribution is 14.1. The zero-order valence-electron chi connectivity index (χ0n) is 16.8. The normalized spacial score (nSPS) is 11.1. The van der Waals surface area contributed by atoms with Crippen LogP contribution in [0.15, 0.2) is 54.2 Å². The quantitative estimate of drug-likeness (QED) is 0.201. The average molecular weight is 529 g/mol. The lowest BCUT2D eigenvalue weighted by molar-refractivity contribution is -0.142. The number of esters is 1. The number of nitrogens with zero attached hydrogens (tertiary/aromatic N) is 1. The molecule has 2 N–H and O–H groups in total. The number of aromatic nitrogens is 1. The molecule has 0 spiro atoms. The van der Waals surface area contributed by atoms with Crippen molar-refractivity contribution in [2.45, 2.75) is 6.42 Å². The van der Waals surface area contributed by atoms with Crippen LogP contribution in [0.1, 0.15) is 11.1 Å². The highest BCUT2D eigenvalue weighted by Gasteiger charge is 2.11. The second-order valence-corrected chi connectivity index (χ2v) is 7.75. The Morgan fingerprint density at radius 3 is 2.81 bits per heavy atom. The van der Waals surface area contributed by atoms with Gasteiger partial charge in [-0.15, -0.1) is 0 Å². The first-order valence-corrected chi connectivity index (χ1v) is 10.5. The van der Waals surface area contributed by atoms with Crippen molar-refractivity contribution in [1.29, 1.82) is 5.26 Å². The van der Waals surface area contributed by atoms with E-state index >= 15 is 0 Å². The fourth-order valence-corrected chi connectivity index (χ4v) is 3.67. The van der Waals surface area contributed by atoms with Crippen molar-refractivity contribution >= 4 is 51.4 Å². The van der Waals surface area contributed by atoms with Crippen LogP contribution >= 0.6 is 22.6 Å². The number of nitrogens with one attached hydrogen (secondary N) is 2. The van der Waals surface area contributed by atoms with Gasteiger partial charge in [-0.2, -0.15) is 5.26 Å². The smallest absolute Gasteiger partial charge is 0.343 e. The van der Waals surface area contributed by atoms with E-state index in [0.717, 1.165) is 20.0 Å². The summed E-state index contributed by atoms with van der Waals surface area (Å²) in [6.07, 6.45) is 4.11. The van der Waals surface area contributed by atoms with Gasteiger partial charge < -0.3 is 19.8 Å². The number of H-pyrrole nitrogens is 1. The van der Waals surface area contributed by atoms with Gasteiger partial charge in [0.25, 0.3) is 5.91 Å². The molecule has 0 saturated heterocycles. The summed E-state index contributed by atoms with van der Waals surface area (Å²) in [5, 5.41) is 13.3. The Balaban J connectivity index is 1.61. The number of rotatable bonds is 8. The molecule has 1 heterocycles. The summed E-state index contributed by atoms with van der Waals surface area (Å²) in [5.41, 5.74) is 2.85. The largest absolute Gasteiger partial charge is 0.481 e. The van der Waals surface area contributed by atoms with Crippen molar-refractivity contribution in [2.75, 3.05) is 20.3 Å². The number of nitriles is 1. The number of benzene rings is 2.